The molecule has 0 aliphatic heterocycles. The molecule has 76 valence electrons. The van der Waals surface area contributed by atoms with Crippen LogP contribution in [0.15, 0.2) is 16.6 Å². The number of fused-ring (bicyclic) bond motifs is 1. The van der Waals surface area contributed by atoms with E-state index >= 15 is 0 Å². The Morgan fingerprint density at radius 3 is 2.86 bits per heavy atom. The lowest BCUT2D eigenvalue weighted by Gasteiger charge is -2.11. The Morgan fingerprint density at radius 1 is 1.50 bits per heavy atom. The molecule has 0 bridgehead atoms. The van der Waals surface area contributed by atoms with E-state index in [0.29, 0.717) is 5.92 Å². The Labute approximate surface area is 97.5 Å². The second-order valence-electron chi connectivity index (χ2n) is 3.73. The maximum atomic E-state index is 6.35. The lowest BCUT2D eigenvalue weighted by molar-refractivity contribution is 0.408. The van der Waals surface area contributed by atoms with Crippen molar-refractivity contribution in [3.05, 3.63) is 27.7 Å². The number of methoxy groups -OCH3 is 1. The smallest absolute Gasteiger partial charge is 0.123 e. The lowest BCUT2D eigenvalue weighted by atomic mass is 10.1. The van der Waals surface area contributed by atoms with Gasteiger partial charge in [0.2, 0.25) is 0 Å². The Balaban J connectivity index is 2.59. The molecule has 0 radical (unpaired) electrons. The van der Waals surface area contributed by atoms with E-state index in [1.165, 1.54) is 5.56 Å². The minimum absolute atomic E-state index is 0.0810. The summed E-state index contributed by atoms with van der Waals surface area (Å²) in [7, 11) is 1.69. The number of alkyl halides is 1. The summed E-state index contributed by atoms with van der Waals surface area (Å²) in [5, 5.41) is 0.0810. The summed E-state index contributed by atoms with van der Waals surface area (Å²) in [6, 6.07) is 4.00. The van der Waals surface area contributed by atoms with Crippen molar-refractivity contribution >= 4 is 27.5 Å². The number of ether oxygens (including phenoxy) is 1. The van der Waals surface area contributed by atoms with Crippen LogP contribution in [0.4, 0.5) is 0 Å². The molecule has 2 rings (SSSR count). The molecule has 1 aliphatic carbocycles. The van der Waals surface area contributed by atoms with Crippen molar-refractivity contribution in [3.8, 4) is 5.75 Å². The second-order valence-corrected chi connectivity index (χ2v) is 5.05. The maximum absolute atomic E-state index is 6.35. The topological polar surface area (TPSA) is 9.23 Å². The van der Waals surface area contributed by atoms with Gasteiger partial charge in [-0.2, -0.15) is 0 Å². The highest BCUT2D eigenvalue weighted by molar-refractivity contribution is 9.10. The standard InChI is InChI=1S/C11H12BrClO/c1-6-5-7-8(12)3-4-9(14-2)10(7)11(6)13/h3-4,6,11H,5H2,1-2H3. The maximum Gasteiger partial charge on any atom is 0.123 e. The van der Waals surface area contributed by atoms with E-state index in [2.05, 4.69) is 22.9 Å². The fraction of sp³-hybridized carbons (Fsp3) is 0.455. The molecule has 0 saturated heterocycles. The van der Waals surface area contributed by atoms with Crippen LogP contribution in [-0.2, 0) is 6.42 Å². The van der Waals surface area contributed by atoms with Gasteiger partial charge in [0.15, 0.2) is 0 Å². The summed E-state index contributed by atoms with van der Waals surface area (Å²) in [5.41, 5.74) is 2.47. The second kappa shape index (κ2) is 3.74. The fourth-order valence-corrected chi connectivity index (χ4v) is 2.85. The predicted octanol–water partition coefficient (Wildman–Crippen LogP) is 3.93. The molecular formula is C11H12BrClO. The normalized spacial score (nSPS) is 24.9. The summed E-state index contributed by atoms with van der Waals surface area (Å²) >= 11 is 9.90. The number of rotatable bonds is 1. The third-order valence-corrected chi connectivity index (χ3v) is 4.17. The lowest BCUT2D eigenvalue weighted by Crippen LogP contribution is -1.96. The van der Waals surface area contributed by atoms with Gasteiger partial charge in [-0.25, -0.2) is 0 Å². The van der Waals surface area contributed by atoms with Crippen LogP contribution >= 0.6 is 27.5 Å². The van der Waals surface area contributed by atoms with Crippen LogP contribution in [0.25, 0.3) is 0 Å². The molecule has 1 aromatic carbocycles. The zero-order chi connectivity index (χ0) is 10.3. The molecule has 0 spiro atoms. The van der Waals surface area contributed by atoms with Crippen molar-refractivity contribution in [1.29, 1.82) is 0 Å². The van der Waals surface area contributed by atoms with Crippen molar-refractivity contribution in [2.75, 3.05) is 7.11 Å². The first kappa shape index (κ1) is 10.3. The van der Waals surface area contributed by atoms with Gasteiger partial charge < -0.3 is 4.74 Å². The highest BCUT2D eigenvalue weighted by atomic mass is 79.9. The molecule has 0 fully saturated rings. The Hall–Kier alpha value is -0.210. The van der Waals surface area contributed by atoms with Crippen LogP contribution < -0.4 is 4.74 Å². The van der Waals surface area contributed by atoms with Gasteiger partial charge in [0.05, 0.1) is 12.5 Å². The van der Waals surface area contributed by atoms with Crippen LogP contribution in [0, 0.1) is 5.92 Å². The summed E-state index contributed by atoms with van der Waals surface area (Å²) in [4.78, 5) is 0. The average Bonchev–Trinajstić information content (AvgIpc) is 2.47. The molecule has 1 aliphatic rings. The van der Waals surface area contributed by atoms with E-state index in [0.717, 1.165) is 22.2 Å². The van der Waals surface area contributed by atoms with Gasteiger partial charge in [0.25, 0.3) is 0 Å². The van der Waals surface area contributed by atoms with Crippen LogP contribution in [0.3, 0.4) is 0 Å². The molecule has 0 heterocycles. The minimum Gasteiger partial charge on any atom is -0.496 e. The number of halogens is 2. The third-order valence-electron chi connectivity index (χ3n) is 2.78. The molecule has 1 nitrogen and oxygen atoms in total. The Bertz CT molecular complexity index is 365. The molecule has 0 N–H and O–H groups in total. The van der Waals surface area contributed by atoms with Gasteiger partial charge in [-0.15, -0.1) is 11.6 Å². The summed E-state index contributed by atoms with van der Waals surface area (Å²) < 4.78 is 6.47. The molecule has 0 saturated carbocycles. The first-order valence-electron chi connectivity index (χ1n) is 4.64. The van der Waals surface area contributed by atoms with Crippen LogP contribution in [-0.4, -0.2) is 7.11 Å². The van der Waals surface area contributed by atoms with Crippen molar-refractivity contribution in [1.82, 2.24) is 0 Å². The van der Waals surface area contributed by atoms with Gasteiger partial charge in [-0.3, -0.25) is 0 Å². The highest BCUT2D eigenvalue weighted by Gasteiger charge is 2.32. The number of hydrogen-bond acceptors (Lipinski definition) is 1. The molecular weight excluding hydrogens is 263 g/mol. The van der Waals surface area contributed by atoms with Crippen molar-refractivity contribution in [2.24, 2.45) is 5.92 Å². The van der Waals surface area contributed by atoms with Crippen molar-refractivity contribution < 1.29 is 4.74 Å². The fourth-order valence-electron chi connectivity index (χ4n) is 2.01. The first-order valence-corrected chi connectivity index (χ1v) is 5.87. The monoisotopic (exact) mass is 274 g/mol. The highest BCUT2D eigenvalue weighted by Crippen LogP contribution is 2.47. The van der Waals surface area contributed by atoms with E-state index in [1.54, 1.807) is 7.11 Å². The quantitative estimate of drug-likeness (QED) is 0.706. The first-order chi connectivity index (χ1) is 6.65. The van der Waals surface area contributed by atoms with Gasteiger partial charge in [0.1, 0.15) is 5.75 Å². The largest absolute Gasteiger partial charge is 0.496 e. The van der Waals surface area contributed by atoms with Crippen LogP contribution in [0.2, 0.25) is 0 Å². The van der Waals surface area contributed by atoms with Crippen molar-refractivity contribution in [2.45, 2.75) is 18.7 Å². The zero-order valence-corrected chi connectivity index (χ0v) is 10.5. The minimum atomic E-state index is 0.0810. The van der Waals surface area contributed by atoms with E-state index in [1.807, 2.05) is 12.1 Å². The van der Waals surface area contributed by atoms with E-state index in [4.69, 9.17) is 16.3 Å². The molecule has 0 aromatic heterocycles. The predicted molar refractivity (Wildman–Crippen MR) is 62.2 cm³/mol. The molecule has 14 heavy (non-hydrogen) atoms. The number of hydrogen-bond donors (Lipinski definition) is 0. The molecule has 3 heteroatoms. The van der Waals surface area contributed by atoms with Gasteiger partial charge >= 0.3 is 0 Å². The van der Waals surface area contributed by atoms with Gasteiger partial charge in [-0.05, 0) is 30.0 Å². The van der Waals surface area contributed by atoms with Gasteiger partial charge in [0, 0.05) is 10.0 Å². The van der Waals surface area contributed by atoms with Gasteiger partial charge in [-0.1, -0.05) is 22.9 Å². The van der Waals surface area contributed by atoms with Crippen molar-refractivity contribution in [3.63, 3.8) is 0 Å². The molecule has 1 aromatic rings. The Morgan fingerprint density at radius 2 is 2.21 bits per heavy atom. The molecule has 2 unspecified atom stereocenters. The SMILES string of the molecule is COc1ccc(Br)c2c1C(Cl)C(C)C2. The number of benzene rings is 1. The third kappa shape index (κ3) is 1.45. The summed E-state index contributed by atoms with van der Waals surface area (Å²) in [6.07, 6.45) is 1.03. The van der Waals surface area contributed by atoms with Crippen LogP contribution in [0.5, 0.6) is 5.75 Å². The van der Waals surface area contributed by atoms with E-state index in [9.17, 15) is 0 Å². The van der Waals surface area contributed by atoms with E-state index in [-0.39, 0.29) is 5.38 Å². The van der Waals surface area contributed by atoms with E-state index < -0.39 is 0 Å². The average molecular weight is 276 g/mol. The summed E-state index contributed by atoms with van der Waals surface area (Å²) in [6.45, 7) is 2.17. The zero-order valence-electron chi connectivity index (χ0n) is 8.18. The Kier molecular flexibility index (Phi) is 2.76. The molecule has 2 atom stereocenters. The molecule has 0 amide bonds. The van der Waals surface area contributed by atoms with Crippen LogP contribution in [0.1, 0.15) is 23.4 Å². The summed E-state index contributed by atoms with van der Waals surface area (Å²) in [5.74, 6) is 1.40.